The van der Waals surface area contributed by atoms with E-state index in [9.17, 15) is 14.5 Å². The van der Waals surface area contributed by atoms with E-state index < -0.39 is 0 Å². The molecule has 14 heavy (non-hydrogen) atoms. The molecule has 0 saturated carbocycles. The third kappa shape index (κ3) is 5.23. The van der Waals surface area contributed by atoms with Gasteiger partial charge in [0.2, 0.25) is 11.8 Å². The van der Waals surface area contributed by atoms with Crippen molar-refractivity contribution in [2.24, 2.45) is 5.29 Å². The lowest BCUT2D eigenvalue weighted by atomic mass is 10.2. The van der Waals surface area contributed by atoms with Crippen LogP contribution in [0.15, 0.2) is 5.29 Å². The monoisotopic (exact) mass is 201 g/mol. The van der Waals surface area contributed by atoms with Crippen molar-refractivity contribution in [3.8, 4) is 0 Å². The molecule has 80 valence electrons. The first-order valence-electron chi connectivity index (χ1n) is 4.42. The van der Waals surface area contributed by atoms with Gasteiger partial charge in [-0.2, -0.15) is 0 Å². The van der Waals surface area contributed by atoms with Crippen LogP contribution in [0.1, 0.15) is 25.7 Å². The van der Waals surface area contributed by atoms with E-state index in [-0.39, 0.29) is 18.2 Å². The number of nitrogens with zero attached hydrogens (tertiary/aromatic N) is 2. The van der Waals surface area contributed by atoms with Gasteiger partial charge in [0, 0.05) is 26.9 Å². The number of hydrogen-bond donors (Lipinski definition) is 1. The Kier molecular flexibility index (Phi) is 6.26. The molecule has 0 bridgehead atoms. The predicted molar refractivity (Wildman–Crippen MR) is 51.1 cm³/mol. The molecule has 0 spiro atoms. The second-order valence-corrected chi connectivity index (χ2v) is 2.88. The van der Waals surface area contributed by atoms with E-state index in [1.54, 1.807) is 7.05 Å². The minimum Gasteiger partial charge on any atom is -0.359 e. The largest absolute Gasteiger partial charge is 0.359 e. The smallest absolute Gasteiger partial charge is 0.244 e. The van der Waals surface area contributed by atoms with E-state index in [0.29, 0.717) is 19.3 Å². The fourth-order valence-electron chi connectivity index (χ4n) is 0.894. The summed E-state index contributed by atoms with van der Waals surface area (Å²) in [7, 11) is 2.88. The molecule has 6 heteroatoms. The average Bonchev–Trinajstić information content (AvgIpc) is 2.22. The molecule has 0 aliphatic rings. The second kappa shape index (κ2) is 6.99. The van der Waals surface area contributed by atoms with Gasteiger partial charge >= 0.3 is 0 Å². The number of carbonyl (C=O) groups is 2. The number of nitrogens with one attached hydrogen (secondary N) is 1. The minimum absolute atomic E-state index is 0.0423. The van der Waals surface area contributed by atoms with Crippen LogP contribution in [0.5, 0.6) is 0 Å². The van der Waals surface area contributed by atoms with Crippen molar-refractivity contribution in [1.29, 1.82) is 0 Å². The van der Waals surface area contributed by atoms with Crippen LogP contribution in [0.4, 0.5) is 0 Å². The van der Waals surface area contributed by atoms with E-state index in [1.807, 2.05) is 0 Å². The molecule has 0 aromatic rings. The van der Waals surface area contributed by atoms with Gasteiger partial charge in [-0.1, -0.05) is 0 Å². The molecule has 0 atom stereocenters. The first kappa shape index (κ1) is 12.5. The topological polar surface area (TPSA) is 78.8 Å². The van der Waals surface area contributed by atoms with E-state index in [0.717, 1.165) is 5.01 Å². The van der Waals surface area contributed by atoms with E-state index >= 15 is 0 Å². The van der Waals surface area contributed by atoms with Gasteiger partial charge in [0.25, 0.3) is 0 Å². The van der Waals surface area contributed by atoms with E-state index in [2.05, 4.69) is 10.6 Å². The summed E-state index contributed by atoms with van der Waals surface area (Å²) < 4.78 is 0. The summed E-state index contributed by atoms with van der Waals surface area (Å²) in [5.41, 5.74) is 0. The number of unbranched alkanes of at least 4 members (excludes halogenated alkanes) is 1. The lowest BCUT2D eigenvalue weighted by molar-refractivity contribution is -0.130. The number of carbonyl (C=O) groups excluding carboxylic acids is 2. The van der Waals surface area contributed by atoms with Gasteiger partial charge in [0.15, 0.2) is 0 Å². The van der Waals surface area contributed by atoms with Crippen LogP contribution in [0, 0.1) is 4.91 Å². The molecule has 2 amide bonds. The molecule has 0 aromatic heterocycles. The molecule has 0 aliphatic carbocycles. The van der Waals surface area contributed by atoms with Gasteiger partial charge in [0.05, 0.1) is 5.29 Å². The van der Waals surface area contributed by atoms with Crippen LogP contribution >= 0.6 is 0 Å². The first-order valence-corrected chi connectivity index (χ1v) is 4.42. The SMILES string of the molecule is CNC(=O)CCCCC(=O)N(C)N=O. The molecule has 0 aliphatic heterocycles. The van der Waals surface area contributed by atoms with Crippen molar-refractivity contribution in [3.05, 3.63) is 4.91 Å². The average molecular weight is 201 g/mol. The lowest BCUT2D eigenvalue weighted by Gasteiger charge is -2.05. The van der Waals surface area contributed by atoms with Crippen molar-refractivity contribution < 1.29 is 9.59 Å². The van der Waals surface area contributed by atoms with Crippen LogP contribution in [-0.2, 0) is 9.59 Å². The summed E-state index contributed by atoms with van der Waals surface area (Å²) in [5.74, 6) is -0.365. The summed E-state index contributed by atoms with van der Waals surface area (Å²) in [6, 6.07) is 0. The molecule has 0 heterocycles. The Bertz CT molecular complexity index is 218. The molecular weight excluding hydrogens is 186 g/mol. The lowest BCUT2D eigenvalue weighted by Crippen LogP contribution is -2.20. The molecule has 6 nitrogen and oxygen atoms in total. The van der Waals surface area contributed by atoms with E-state index in [4.69, 9.17) is 0 Å². The van der Waals surface area contributed by atoms with Crippen molar-refractivity contribution in [2.75, 3.05) is 14.1 Å². The molecule has 0 rings (SSSR count). The summed E-state index contributed by atoms with van der Waals surface area (Å²) in [5, 5.41) is 5.72. The van der Waals surface area contributed by atoms with E-state index in [1.165, 1.54) is 7.05 Å². The van der Waals surface area contributed by atoms with Gasteiger partial charge < -0.3 is 5.32 Å². The summed E-state index contributed by atoms with van der Waals surface area (Å²) in [4.78, 5) is 31.7. The molecule has 0 radical (unpaired) electrons. The molecule has 0 aromatic carbocycles. The molecule has 0 fully saturated rings. The fourth-order valence-corrected chi connectivity index (χ4v) is 0.894. The minimum atomic E-state index is -0.322. The second-order valence-electron chi connectivity index (χ2n) is 2.88. The number of amides is 2. The van der Waals surface area contributed by atoms with Crippen LogP contribution in [0.25, 0.3) is 0 Å². The molecular formula is C8H15N3O3. The van der Waals surface area contributed by atoms with Crippen molar-refractivity contribution in [1.82, 2.24) is 10.3 Å². The Morgan fingerprint density at radius 3 is 2.36 bits per heavy atom. The highest BCUT2D eigenvalue weighted by molar-refractivity contribution is 5.76. The maximum absolute atomic E-state index is 11.0. The number of hydrogen-bond acceptors (Lipinski definition) is 4. The third-order valence-corrected chi connectivity index (χ3v) is 1.81. The number of nitroso groups, excluding NO2 is 1. The summed E-state index contributed by atoms with van der Waals surface area (Å²) in [6.07, 6.45) is 1.88. The highest BCUT2D eigenvalue weighted by Gasteiger charge is 2.07. The summed E-state index contributed by atoms with van der Waals surface area (Å²) in [6.45, 7) is 0. The zero-order chi connectivity index (χ0) is 11.0. The highest BCUT2D eigenvalue weighted by atomic mass is 16.3. The van der Waals surface area contributed by atoms with Gasteiger partial charge in [-0.15, -0.1) is 4.91 Å². The maximum atomic E-state index is 11.0. The van der Waals surface area contributed by atoms with Crippen molar-refractivity contribution >= 4 is 11.8 Å². The van der Waals surface area contributed by atoms with Crippen LogP contribution in [-0.4, -0.2) is 30.9 Å². The Balaban J connectivity index is 3.50. The van der Waals surface area contributed by atoms with Gasteiger partial charge in [-0.3, -0.25) is 9.59 Å². The van der Waals surface area contributed by atoms with Gasteiger partial charge in [-0.25, -0.2) is 5.01 Å². The molecule has 1 N–H and O–H groups in total. The Morgan fingerprint density at radius 2 is 1.86 bits per heavy atom. The predicted octanol–water partition coefficient (Wildman–Crippen LogP) is 0.433. The number of rotatable bonds is 6. The zero-order valence-electron chi connectivity index (χ0n) is 8.45. The van der Waals surface area contributed by atoms with Crippen molar-refractivity contribution in [3.63, 3.8) is 0 Å². The zero-order valence-corrected chi connectivity index (χ0v) is 8.45. The van der Waals surface area contributed by atoms with Crippen LogP contribution in [0.2, 0.25) is 0 Å². The normalized spacial score (nSPS) is 9.29. The highest BCUT2D eigenvalue weighted by Crippen LogP contribution is 2.02. The standard InChI is InChI=1S/C8H15N3O3/c1-9-7(12)5-3-4-6-8(13)11(2)10-14/h3-6H2,1-2H3,(H,9,12). The van der Waals surface area contributed by atoms with Crippen LogP contribution < -0.4 is 5.32 Å². The Labute approximate surface area is 82.6 Å². The maximum Gasteiger partial charge on any atom is 0.244 e. The van der Waals surface area contributed by atoms with Crippen LogP contribution in [0.3, 0.4) is 0 Å². The fraction of sp³-hybridized carbons (Fsp3) is 0.750. The third-order valence-electron chi connectivity index (χ3n) is 1.81. The van der Waals surface area contributed by atoms with Gasteiger partial charge in [0.1, 0.15) is 0 Å². The van der Waals surface area contributed by atoms with Gasteiger partial charge in [-0.05, 0) is 12.8 Å². The summed E-state index contributed by atoms with van der Waals surface area (Å²) >= 11 is 0. The molecule has 0 unspecified atom stereocenters. The van der Waals surface area contributed by atoms with Crippen molar-refractivity contribution in [2.45, 2.75) is 25.7 Å². The Hall–Kier alpha value is -1.46. The first-order chi connectivity index (χ1) is 6.61. The Morgan fingerprint density at radius 1 is 1.29 bits per heavy atom. The molecule has 0 saturated heterocycles. The quantitative estimate of drug-likeness (QED) is 0.384.